The molecule has 1 aliphatic heterocycles. The molecule has 6 nitrogen and oxygen atoms in total. The van der Waals surface area contributed by atoms with E-state index in [9.17, 15) is 4.79 Å². The highest BCUT2D eigenvalue weighted by atomic mass is 32.1. The number of carbonyl (C=O) groups excluding carboxylic acids is 1. The summed E-state index contributed by atoms with van der Waals surface area (Å²) >= 11 is 1.68. The van der Waals surface area contributed by atoms with Crippen LogP contribution in [0.4, 0.5) is 4.79 Å². The molecule has 0 spiro atoms. The molecule has 2 atom stereocenters. The van der Waals surface area contributed by atoms with Crippen LogP contribution < -0.4 is 10.6 Å². The summed E-state index contributed by atoms with van der Waals surface area (Å²) in [4.78, 5) is 16.8. The topological polar surface area (TPSA) is 71.8 Å². The molecule has 0 bridgehead atoms. The van der Waals surface area contributed by atoms with Gasteiger partial charge in [0.2, 0.25) is 0 Å². The summed E-state index contributed by atoms with van der Waals surface area (Å²) < 4.78 is 1.93. The molecule has 7 heteroatoms. The second kappa shape index (κ2) is 7.12. The van der Waals surface area contributed by atoms with Gasteiger partial charge in [-0.2, -0.15) is 16.4 Å². The third-order valence-electron chi connectivity index (χ3n) is 4.04. The Bertz CT molecular complexity index is 651. The number of fused-ring (bicyclic) bond motifs is 1. The maximum atomic E-state index is 12.3. The van der Waals surface area contributed by atoms with Crippen molar-refractivity contribution in [2.24, 2.45) is 0 Å². The summed E-state index contributed by atoms with van der Waals surface area (Å²) in [7, 11) is 0. The molecule has 2 aromatic rings. The quantitative estimate of drug-likeness (QED) is 0.883. The number of aromatic nitrogens is 3. The first-order chi connectivity index (χ1) is 11.2. The largest absolute Gasteiger partial charge is 0.335 e. The maximum absolute atomic E-state index is 12.3. The molecule has 2 amide bonds. The van der Waals surface area contributed by atoms with Crippen LogP contribution in [0, 0.1) is 0 Å². The van der Waals surface area contributed by atoms with Crippen LogP contribution in [0.2, 0.25) is 0 Å². The van der Waals surface area contributed by atoms with Crippen molar-refractivity contribution < 1.29 is 4.79 Å². The number of rotatable bonds is 5. The van der Waals surface area contributed by atoms with Crippen molar-refractivity contribution in [2.45, 2.75) is 58.2 Å². The van der Waals surface area contributed by atoms with Crippen LogP contribution in [0.15, 0.2) is 16.8 Å². The Balaban J connectivity index is 1.57. The van der Waals surface area contributed by atoms with Gasteiger partial charge in [-0.15, -0.1) is 0 Å². The standard InChI is InChI=1S/C16H23N5OS/c1-3-14-19-15-13(5-4-7-21(15)20-14)18-16(22)17-11(2)9-12-6-8-23-10-12/h6,8,10-11,13H,3-5,7,9H2,1-2H3,(H2,17,18,22)/t11-,13-/m1/s1. The van der Waals surface area contributed by atoms with E-state index in [0.717, 1.165) is 43.9 Å². The highest BCUT2D eigenvalue weighted by molar-refractivity contribution is 7.07. The molecule has 124 valence electrons. The fraction of sp³-hybridized carbons (Fsp3) is 0.562. The smallest absolute Gasteiger partial charge is 0.315 e. The lowest BCUT2D eigenvalue weighted by atomic mass is 10.1. The first kappa shape index (κ1) is 16.0. The third kappa shape index (κ3) is 3.90. The highest BCUT2D eigenvalue weighted by Gasteiger charge is 2.25. The van der Waals surface area contributed by atoms with Crippen molar-refractivity contribution in [3.05, 3.63) is 34.0 Å². The number of urea groups is 1. The van der Waals surface area contributed by atoms with E-state index in [1.165, 1.54) is 5.56 Å². The van der Waals surface area contributed by atoms with Crippen molar-refractivity contribution in [1.82, 2.24) is 25.4 Å². The van der Waals surface area contributed by atoms with Gasteiger partial charge in [-0.05, 0) is 48.6 Å². The molecule has 0 aliphatic carbocycles. The summed E-state index contributed by atoms with van der Waals surface area (Å²) in [6.07, 6.45) is 3.58. The highest BCUT2D eigenvalue weighted by Crippen LogP contribution is 2.23. The molecule has 0 saturated carbocycles. The van der Waals surface area contributed by atoms with Gasteiger partial charge in [0.05, 0.1) is 6.04 Å². The predicted octanol–water partition coefficient (Wildman–Crippen LogP) is 2.67. The summed E-state index contributed by atoms with van der Waals surface area (Å²) in [6, 6.07) is 2.01. The van der Waals surface area contributed by atoms with Crippen LogP contribution in [-0.4, -0.2) is 26.8 Å². The minimum Gasteiger partial charge on any atom is -0.335 e. The number of carbonyl (C=O) groups is 1. The molecule has 3 rings (SSSR count). The van der Waals surface area contributed by atoms with Gasteiger partial charge in [-0.25, -0.2) is 14.5 Å². The molecule has 0 unspecified atom stereocenters. The van der Waals surface area contributed by atoms with Crippen molar-refractivity contribution in [3.8, 4) is 0 Å². The third-order valence-corrected chi connectivity index (χ3v) is 4.77. The number of thiophene rings is 1. The Morgan fingerprint density at radius 1 is 1.57 bits per heavy atom. The predicted molar refractivity (Wildman–Crippen MR) is 90.5 cm³/mol. The van der Waals surface area contributed by atoms with Gasteiger partial charge in [0, 0.05) is 19.0 Å². The molecule has 0 aromatic carbocycles. The Morgan fingerprint density at radius 3 is 3.17 bits per heavy atom. The Hall–Kier alpha value is -1.89. The average Bonchev–Trinajstić information content (AvgIpc) is 3.16. The zero-order valence-electron chi connectivity index (χ0n) is 13.6. The van der Waals surface area contributed by atoms with Crippen molar-refractivity contribution in [2.75, 3.05) is 0 Å². The maximum Gasteiger partial charge on any atom is 0.315 e. The normalized spacial score (nSPS) is 18.3. The van der Waals surface area contributed by atoms with E-state index in [1.54, 1.807) is 11.3 Å². The number of hydrogen-bond donors (Lipinski definition) is 2. The summed E-state index contributed by atoms with van der Waals surface area (Å²) in [5, 5.41) is 14.7. The molecule has 2 aromatic heterocycles. The van der Waals surface area contributed by atoms with Crippen LogP contribution in [-0.2, 0) is 19.4 Å². The van der Waals surface area contributed by atoms with Crippen LogP contribution in [0.3, 0.4) is 0 Å². The van der Waals surface area contributed by atoms with Crippen molar-refractivity contribution in [1.29, 1.82) is 0 Å². The van der Waals surface area contributed by atoms with E-state index in [0.29, 0.717) is 0 Å². The molecular formula is C16H23N5OS. The van der Waals surface area contributed by atoms with Crippen molar-refractivity contribution in [3.63, 3.8) is 0 Å². The number of amides is 2. The zero-order chi connectivity index (χ0) is 16.2. The minimum absolute atomic E-state index is 0.0510. The number of hydrogen-bond acceptors (Lipinski definition) is 4. The number of aryl methyl sites for hydroxylation is 2. The van der Waals surface area contributed by atoms with E-state index in [2.05, 4.69) is 37.5 Å². The van der Waals surface area contributed by atoms with Gasteiger partial charge in [-0.3, -0.25) is 0 Å². The number of nitrogens with zero attached hydrogens (tertiary/aromatic N) is 3. The molecule has 23 heavy (non-hydrogen) atoms. The fourth-order valence-electron chi connectivity index (χ4n) is 2.92. The lowest BCUT2D eigenvalue weighted by molar-refractivity contribution is 0.229. The van der Waals surface area contributed by atoms with Gasteiger partial charge in [-0.1, -0.05) is 6.92 Å². The Morgan fingerprint density at radius 2 is 2.43 bits per heavy atom. The lowest BCUT2D eigenvalue weighted by Crippen LogP contribution is -2.44. The summed E-state index contributed by atoms with van der Waals surface area (Å²) in [6.45, 7) is 4.95. The molecule has 1 aliphatic rings. The monoisotopic (exact) mass is 333 g/mol. The van der Waals surface area contributed by atoms with Gasteiger partial charge >= 0.3 is 6.03 Å². The fourth-order valence-corrected chi connectivity index (χ4v) is 3.60. The van der Waals surface area contributed by atoms with Gasteiger partial charge in [0.1, 0.15) is 5.82 Å². The van der Waals surface area contributed by atoms with Gasteiger partial charge < -0.3 is 10.6 Å². The second-order valence-corrected chi connectivity index (χ2v) is 6.79. The van der Waals surface area contributed by atoms with Crippen LogP contribution in [0.1, 0.15) is 49.9 Å². The lowest BCUT2D eigenvalue weighted by Gasteiger charge is -2.24. The van der Waals surface area contributed by atoms with E-state index in [-0.39, 0.29) is 18.1 Å². The molecule has 2 N–H and O–H groups in total. The molecule has 0 fully saturated rings. The van der Waals surface area contributed by atoms with Crippen molar-refractivity contribution >= 4 is 17.4 Å². The Kier molecular flexibility index (Phi) is 4.95. The first-order valence-corrected chi connectivity index (χ1v) is 9.11. The molecule has 0 radical (unpaired) electrons. The number of nitrogens with one attached hydrogen (secondary N) is 2. The van der Waals surface area contributed by atoms with E-state index in [4.69, 9.17) is 0 Å². The summed E-state index contributed by atoms with van der Waals surface area (Å²) in [5.74, 6) is 1.73. The first-order valence-electron chi connectivity index (χ1n) is 8.17. The van der Waals surface area contributed by atoms with Crippen LogP contribution >= 0.6 is 11.3 Å². The van der Waals surface area contributed by atoms with Gasteiger partial charge in [0.15, 0.2) is 5.82 Å². The van der Waals surface area contributed by atoms with Crippen LogP contribution in [0.25, 0.3) is 0 Å². The SMILES string of the molecule is CCc1nc2n(n1)CCC[C@H]2NC(=O)N[C@H](C)Cc1ccsc1. The van der Waals surface area contributed by atoms with E-state index in [1.807, 2.05) is 18.5 Å². The minimum atomic E-state index is -0.132. The van der Waals surface area contributed by atoms with Gasteiger partial charge in [0.25, 0.3) is 0 Å². The molecule has 3 heterocycles. The Labute approximate surface area is 140 Å². The molecular weight excluding hydrogens is 310 g/mol. The van der Waals surface area contributed by atoms with Crippen LogP contribution in [0.5, 0.6) is 0 Å². The van der Waals surface area contributed by atoms with E-state index >= 15 is 0 Å². The second-order valence-electron chi connectivity index (χ2n) is 6.01. The summed E-state index contributed by atoms with van der Waals surface area (Å²) in [5.41, 5.74) is 1.26. The van der Waals surface area contributed by atoms with E-state index < -0.39 is 0 Å². The average molecular weight is 333 g/mol. The molecule has 0 saturated heterocycles. The zero-order valence-corrected chi connectivity index (χ0v) is 14.4.